The third-order valence-electron chi connectivity index (χ3n) is 4.34. The zero-order valence-electron chi connectivity index (χ0n) is 15.4. The molecule has 0 fully saturated rings. The lowest BCUT2D eigenvalue weighted by atomic mass is 10.1. The number of carbonyl (C=O) groups is 1. The number of hydroxylamine groups is 1. The van der Waals surface area contributed by atoms with Gasteiger partial charge in [-0.3, -0.25) is 10.0 Å². The molecule has 0 bridgehead atoms. The summed E-state index contributed by atoms with van der Waals surface area (Å²) in [6.07, 6.45) is 1.38. The fourth-order valence-electron chi connectivity index (χ4n) is 2.92. The van der Waals surface area contributed by atoms with Gasteiger partial charge in [-0.15, -0.1) is 0 Å². The topological polar surface area (TPSA) is 110 Å². The minimum absolute atomic E-state index is 0.0222. The Morgan fingerprint density at radius 2 is 2.03 bits per heavy atom. The summed E-state index contributed by atoms with van der Waals surface area (Å²) in [5, 5.41) is 12.5. The van der Waals surface area contributed by atoms with Crippen molar-refractivity contribution in [3.63, 3.8) is 0 Å². The number of nitrogens with zero attached hydrogens (tertiary/aromatic N) is 2. The Kier molecular flexibility index (Phi) is 5.21. The van der Waals surface area contributed by atoms with Crippen LogP contribution in [0.5, 0.6) is 5.75 Å². The molecule has 0 unspecified atom stereocenters. The Labute approximate surface area is 174 Å². The first-order valence-electron chi connectivity index (χ1n) is 8.59. The molecular weight excluding hydrogens is 415 g/mol. The second kappa shape index (κ2) is 7.97. The highest BCUT2D eigenvalue weighted by atomic mass is 35.5. The van der Waals surface area contributed by atoms with Crippen molar-refractivity contribution in [2.24, 2.45) is 0 Å². The van der Waals surface area contributed by atoms with Crippen molar-refractivity contribution in [2.75, 3.05) is 12.4 Å². The standard InChI is InChI=1S/C20H14ClFN4O4/c1-29-18-8-15-11(7-12(18)16-4-5-17(30-16)20(27)26-28)19(24-9-23-15)25-10-2-3-14(22)13(21)6-10/h2-9,28H,1H3,(H,26,27)(H,23,24,25). The van der Waals surface area contributed by atoms with Crippen LogP contribution in [0.4, 0.5) is 15.9 Å². The first kappa shape index (κ1) is 19.6. The molecule has 0 aliphatic rings. The summed E-state index contributed by atoms with van der Waals surface area (Å²) in [6.45, 7) is 0. The molecule has 0 atom stereocenters. The van der Waals surface area contributed by atoms with E-state index in [1.54, 1.807) is 18.2 Å². The second-order valence-electron chi connectivity index (χ2n) is 6.15. The second-order valence-corrected chi connectivity index (χ2v) is 6.56. The van der Waals surface area contributed by atoms with Crippen molar-refractivity contribution < 1.29 is 23.5 Å². The van der Waals surface area contributed by atoms with Crippen molar-refractivity contribution in [2.45, 2.75) is 0 Å². The lowest BCUT2D eigenvalue weighted by molar-refractivity contribution is 0.0677. The first-order chi connectivity index (χ1) is 14.5. The quantitative estimate of drug-likeness (QED) is 0.316. The molecule has 2 aromatic carbocycles. The smallest absolute Gasteiger partial charge is 0.310 e. The number of benzene rings is 2. The predicted octanol–water partition coefficient (Wildman–Crippen LogP) is 4.55. The molecule has 0 radical (unpaired) electrons. The van der Waals surface area contributed by atoms with Crippen LogP contribution in [0.25, 0.3) is 22.2 Å². The summed E-state index contributed by atoms with van der Waals surface area (Å²) in [5.41, 5.74) is 3.18. The third-order valence-corrected chi connectivity index (χ3v) is 4.63. The van der Waals surface area contributed by atoms with E-state index in [9.17, 15) is 9.18 Å². The van der Waals surface area contributed by atoms with Crippen LogP contribution in [0.3, 0.4) is 0 Å². The average molecular weight is 429 g/mol. The zero-order valence-corrected chi connectivity index (χ0v) is 16.2. The number of hydrogen-bond acceptors (Lipinski definition) is 7. The van der Waals surface area contributed by atoms with Gasteiger partial charge in [-0.2, -0.15) is 0 Å². The fraction of sp³-hybridized carbons (Fsp3) is 0.0500. The van der Waals surface area contributed by atoms with E-state index in [2.05, 4.69) is 15.3 Å². The molecule has 0 saturated heterocycles. The lowest BCUT2D eigenvalue weighted by Crippen LogP contribution is -2.17. The van der Waals surface area contributed by atoms with Gasteiger partial charge in [0.25, 0.3) is 0 Å². The van der Waals surface area contributed by atoms with Gasteiger partial charge in [0, 0.05) is 17.1 Å². The maximum Gasteiger partial charge on any atom is 0.310 e. The van der Waals surface area contributed by atoms with Gasteiger partial charge in [-0.05, 0) is 36.4 Å². The minimum atomic E-state index is -0.778. The Morgan fingerprint density at radius 3 is 2.77 bits per heavy atom. The summed E-state index contributed by atoms with van der Waals surface area (Å²) < 4.78 is 24.4. The highest BCUT2D eigenvalue weighted by molar-refractivity contribution is 6.31. The van der Waals surface area contributed by atoms with Crippen LogP contribution in [0, 0.1) is 5.82 Å². The maximum atomic E-state index is 13.4. The van der Waals surface area contributed by atoms with Gasteiger partial charge in [0.2, 0.25) is 0 Å². The summed E-state index contributed by atoms with van der Waals surface area (Å²) in [5.74, 6) is -0.124. The number of aromatic nitrogens is 2. The van der Waals surface area contributed by atoms with Gasteiger partial charge in [0.05, 0.1) is 23.2 Å². The fourth-order valence-corrected chi connectivity index (χ4v) is 3.10. The Bertz CT molecular complexity index is 1260. The van der Waals surface area contributed by atoms with Gasteiger partial charge < -0.3 is 14.5 Å². The molecule has 8 nitrogen and oxygen atoms in total. The van der Waals surface area contributed by atoms with Crippen molar-refractivity contribution in [3.8, 4) is 17.1 Å². The van der Waals surface area contributed by atoms with Gasteiger partial charge in [-0.25, -0.2) is 19.8 Å². The van der Waals surface area contributed by atoms with Gasteiger partial charge in [0.15, 0.2) is 5.76 Å². The molecule has 0 saturated carbocycles. The average Bonchev–Trinajstić information content (AvgIpc) is 3.25. The molecule has 2 aromatic heterocycles. The van der Waals surface area contributed by atoms with Crippen molar-refractivity contribution >= 4 is 39.9 Å². The van der Waals surface area contributed by atoms with Crippen LogP contribution in [0.1, 0.15) is 10.6 Å². The number of methoxy groups -OCH3 is 1. The molecule has 0 spiro atoms. The minimum Gasteiger partial charge on any atom is -0.496 e. The maximum absolute atomic E-state index is 13.4. The van der Waals surface area contributed by atoms with E-state index < -0.39 is 11.7 Å². The molecule has 30 heavy (non-hydrogen) atoms. The summed E-state index contributed by atoms with van der Waals surface area (Å²) >= 11 is 5.86. The van der Waals surface area contributed by atoms with Crippen LogP contribution in [0.15, 0.2) is 53.2 Å². The van der Waals surface area contributed by atoms with Crippen molar-refractivity contribution in [1.29, 1.82) is 0 Å². The first-order valence-corrected chi connectivity index (χ1v) is 8.97. The van der Waals surface area contributed by atoms with Crippen LogP contribution >= 0.6 is 11.6 Å². The molecular formula is C20H14ClFN4O4. The van der Waals surface area contributed by atoms with Crippen molar-refractivity contribution in [1.82, 2.24) is 15.4 Å². The van der Waals surface area contributed by atoms with E-state index in [1.807, 2.05) is 0 Å². The van der Waals surface area contributed by atoms with Crippen LogP contribution in [0.2, 0.25) is 5.02 Å². The molecule has 4 rings (SSSR count). The van der Waals surface area contributed by atoms with Gasteiger partial charge in [0.1, 0.15) is 29.5 Å². The monoisotopic (exact) mass is 428 g/mol. The molecule has 2 heterocycles. The summed E-state index contributed by atoms with van der Waals surface area (Å²) in [6, 6.07) is 10.7. The van der Waals surface area contributed by atoms with E-state index in [-0.39, 0.29) is 10.8 Å². The zero-order chi connectivity index (χ0) is 21.3. The molecule has 0 aliphatic heterocycles. The van der Waals surface area contributed by atoms with E-state index in [0.29, 0.717) is 39.5 Å². The number of hydrogen-bond donors (Lipinski definition) is 3. The highest BCUT2D eigenvalue weighted by Crippen LogP contribution is 2.37. The number of furan rings is 1. The third kappa shape index (κ3) is 3.63. The molecule has 0 aliphatic carbocycles. The molecule has 1 amide bonds. The number of fused-ring (bicyclic) bond motifs is 1. The van der Waals surface area contributed by atoms with E-state index >= 15 is 0 Å². The molecule has 3 N–H and O–H groups in total. The lowest BCUT2D eigenvalue weighted by Gasteiger charge is -2.12. The Morgan fingerprint density at radius 1 is 1.20 bits per heavy atom. The number of anilines is 2. The number of carbonyl (C=O) groups excluding carboxylic acids is 1. The summed E-state index contributed by atoms with van der Waals surface area (Å²) in [7, 11) is 1.50. The predicted molar refractivity (Wildman–Crippen MR) is 108 cm³/mol. The SMILES string of the molecule is COc1cc2ncnc(Nc3ccc(F)c(Cl)c3)c2cc1-c1ccc(C(=O)NO)o1. The van der Waals surface area contributed by atoms with E-state index in [0.717, 1.165) is 0 Å². The molecule has 10 heteroatoms. The highest BCUT2D eigenvalue weighted by Gasteiger charge is 2.17. The Hall–Kier alpha value is -3.69. The van der Waals surface area contributed by atoms with Gasteiger partial charge >= 0.3 is 5.91 Å². The number of nitrogens with one attached hydrogen (secondary N) is 2. The van der Waals surface area contributed by atoms with Crippen LogP contribution in [-0.2, 0) is 0 Å². The largest absolute Gasteiger partial charge is 0.496 e. The number of ether oxygens (including phenoxy) is 1. The number of halogens is 2. The normalized spacial score (nSPS) is 10.8. The van der Waals surface area contributed by atoms with Gasteiger partial charge in [-0.1, -0.05) is 11.6 Å². The molecule has 4 aromatic rings. The van der Waals surface area contributed by atoms with Crippen LogP contribution < -0.4 is 15.5 Å². The Balaban J connectivity index is 1.81. The molecule has 152 valence electrons. The number of rotatable bonds is 5. The summed E-state index contributed by atoms with van der Waals surface area (Å²) in [4.78, 5) is 20.1. The van der Waals surface area contributed by atoms with E-state index in [1.165, 1.54) is 43.2 Å². The van der Waals surface area contributed by atoms with Crippen LogP contribution in [-0.4, -0.2) is 28.2 Å². The number of amides is 1. The van der Waals surface area contributed by atoms with Crippen molar-refractivity contribution in [3.05, 3.63) is 65.4 Å². The van der Waals surface area contributed by atoms with E-state index in [4.69, 9.17) is 26.0 Å².